The monoisotopic (exact) mass is 452 g/mol. The molecule has 152 valence electrons. The van der Waals surface area contributed by atoms with Gasteiger partial charge in [-0.2, -0.15) is 0 Å². The van der Waals surface area contributed by atoms with Gasteiger partial charge in [0.15, 0.2) is 0 Å². The number of hydrogen-bond donors (Lipinski definition) is 2. The number of hydrogen-bond acceptors (Lipinski definition) is 4. The normalized spacial score (nSPS) is 11.2. The van der Waals surface area contributed by atoms with Crippen LogP contribution in [0.5, 0.6) is 0 Å². The summed E-state index contributed by atoms with van der Waals surface area (Å²) >= 11 is 11.9. The fourth-order valence-electron chi connectivity index (χ4n) is 2.61. The van der Waals surface area contributed by atoms with Crippen molar-refractivity contribution in [1.82, 2.24) is 14.9 Å². The van der Waals surface area contributed by atoms with Crippen LogP contribution in [0.1, 0.15) is 16.8 Å². The summed E-state index contributed by atoms with van der Waals surface area (Å²) in [5.74, 6) is -0.429. The first-order chi connectivity index (χ1) is 13.8. The molecule has 2 N–H and O–H groups in total. The van der Waals surface area contributed by atoms with E-state index in [-0.39, 0.29) is 16.1 Å². The van der Waals surface area contributed by atoms with Crippen LogP contribution in [0.25, 0.3) is 0 Å². The number of benzene rings is 2. The minimum Gasteiger partial charge on any atom is -0.352 e. The number of rotatable bonds is 8. The van der Waals surface area contributed by atoms with E-state index in [9.17, 15) is 13.2 Å². The molecule has 0 saturated heterocycles. The number of nitrogens with zero attached hydrogens (tertiary/aromatic N) is 2. The quantitative estimate of drug-likeness (QED) is 0.508. The number of nitrogens with one attached hydrogen (secondary N) is 2. The lowest BCUT2D eigenvalue weighted by Gasteiger charge is -2.13. The molecule has 1 aromatic heterocycles. The summed E-state index contributed by atoms with van der Waals surface area (Å²) in [6, 6.07) is 10.2. The van der Waals surface area contributed by atoms with Crippen LogP contribution in [-0.4, -0.2) is 30.4 Å². The second-order valence-electron chi connectivity index (χ2n) is 6.16. The minimum atomic E-state index is -3.93. The lowest BCUT2D eigenvalue weighted by Crippen LogP contribution is -2.27. The van der Waals surface area contributed by atoms with E-state index in [1.807, 2.05) is 10.8 Å². The number of sulfonamides is 1. The average Bonchev–Trinajstić information content (AvgIpc) is 3.20. The summed E-state index contributed by atoms with van der Waals surface area (Å²) in [5, 5.41) is 3.39. The zero-order valence-corrected chi connectivity index (χ0v) is 17.5. The van der Waals surface area contributed by atoms with E-state index in [0.717, 1.165) is 0 Å². The third-order valence-corrected chi connectivity index (χ3v) is 5.85. The third kappa shape index (κ3) is 5.72. The van der Waals surface area contributed by atoms with Crippen LogP contribution >= 0.6 is 23.2 Å². The number of anilines is 1. The summed E-state index contributed by atoms with van der Waals surface area (Å²) in [6.45, 7) is 1.11. The zero-order valence-electron chi connectivity index (χ0n) is 15.2. The molecule has 1 heterocycles. The molecule has 0 aliphatic rings. The van der Waals surface area contributed by atoms with Gasteiger partial charge in [-0.05, 0) is 42.8 Å². The molecule has 10 heteroatoms. The van der Waals surface area contributed by atoms with Crippen LogP contribution in [0.3, 0.4) is 0 Å². The Hall–Kier alpha value is -2.55. The first-order valence-corrected chi connectivity index (χ1v) is 10.9. The van der Waals surface area contributed by atoms with Crippen molar-refractivity contribution in [2.24, 2.45) is 0 Å². The van der Waals surface area contributed by atoms with Gasteiger partial charge in [-0.25, -0.2) is 13.4 Å². The van der Waals surface area contributed by atoms with Gasteiger partial charge in [-0.3, -0.25) is 9.52 Å². The van der Waals surface area contributed by atoms with Crippen molar-refractivity contribution in [3.8, 4) is 0 Å². The molecule has 0 radical (unpaired) electrons. The Morgan fingerprint density at radius 2 is 1.90 bits per heavy atom. The standard InChI is InChI=1S/C19H18Cl2N4O3S/c20-14-3-1-4-16(11-14)29(27,28)24-18-6-5-15(21)12-17(18)19(26)23-7-2-9-25-10-8-22-13-25/h1,3-6,8,10-13,24H,2,7,9H2,(H,23,26). The van der Waals surface area contributed by atoms with E-state index < -0.39 is 15.9 Å². The summed E-state index contributed by atoms with van der Waals surface area (Å²) in [6.07, 6.45) is 5.90. The maximum absolute atomic E-state index is 12.7. The van der Waals surface area contributed by atoms with Crippen molar-refractivity contribution in [3.63, 3.8) is 0 Å². The van der Waals surface area contributed by atoms with Crippen LogP contribution in [0.2, 0.25) is 10.0 Å². The molecule has 0 unspecified atom stereocenters. The van der Waals surface area contributed by atoms with Crippen LogP contribution in [-0.2, 0) is 16.6 Å². The molecular formula is C19H18Cl2N4O3S. The van der Waals surface area contributed by atoms with E-state index in [1.54, 1.807) is 18.6 Å². The van der Waals surface area contributed by atoms with E-state index in [4.69, 9.17) is 23.2 Å². The molecule has 0 aliphatic carbocycles. The molecule has 1 amide bonds. The topological polar surface area (TPSA) is 93.1 Å². The van der Waals surface area contributed by atoms with Gasteiger partial charge >= 0.3 is 0 Å². The lowest BCUT2D eigenvalue weighted by molar-refractivity contribution is 0.0953. The van der Waals surface area contributed by atoms with Gasteiger partial charge in [0.1, 0.15) is 0 Å². The van der Waals surface area contributed by atoms with Gasteiger partial charge in [0.25, 0.3) is 15.9 Å². The summed E-state index contributed by atoms with van der Waals surface area (Å²) in [5.41, 5.74) is 0.257. The van der Waals surface area contributed by atoms with Crippen molar-refractivity contribution in [1.29, 1.82) is 0 Å². The van der Waals surface area contributed by atoms with Gasteiger partial charge in [-0.15, -0.1) is 0 Å². The van der Waals surface area contributed by atoms with Crippen LogP contribution in [0.15, 0.2) is 66.1 Å². The van der Waals surface area contributed by atoms with Gasteiger partial charge in [0.05, 0.1) is 22.5 Å². The predicted octanol–water partition coefficient (Wildman–Crippen LogP) is 3.81. The molecule has 0 bridgehead atoms. The first kappa shape index (κ1) is 21.2. The fourth-order valence-corrected chi connectivity index (χ4v) is 4.16. The number of aromatic nitrogens is 2. The van der Waals surface area contributed by atoms with Crippen LogP contribution in [0.4, 0.5) is 5.69 Å². The van der Waals surface area contributed by atoms with Crippen molar-refractivity contribution in [2.75, 3.05) is 11.3 Å². The number of imidazole rings is 1. The second-order valence-corrected chi connectivity index (χ2v) is 8.72. The highest BCUT2D eigenvalue weighted by atomic mass is 35.5. The highest BCUT2D eigenvalue weighted by Crippen LogP contribution is 2.24. The SMILES string of the molecule is O=C(NCCCn1ccnc1)c1cc(Cl)ccc1NS(=O)(=O)c1cccc(Cl)c1. The van der Waals surface area contributed by atoms with Crippen molar-refractivity contribution in [2.45, 2.75) is 17.9 Å². The van der Waals surface area contributed by atoms with Gasteiger partial charge in [-0.1, -0.05) is 29.3 Å². The number of carbonyl (C=O) groups is 1. The Morgan fingerprint density at radius 1 is 1.10 bits per heavy atom. The summed E-state index contributed by atoms with van der Waals surface area (Å²) in [4.78, 5) is 16.6. The molecule has 29 heavy (non-hydrogen) atoms. The van der Waals surface area contributed by atoms with Crippen molar-refractivity contribution in [3.05, 3.63) is 76.8 Å². The Kier molecular flexibility index (Phi) is 6.79. The average molecular weight is 453 g/mol. The van der Waals surface area contributed by atoms with Crippen molar-refractivity contribution >= 4 is 44.8 Å². The van der Waals surface area contributed by atoms with E-state index in [1.165, 1.54) is 36.4 Å². The van der Waals surface area contributed by atoms with E-state index in [2.05, 4.69) is 15.0 Å². The number of halogens is 2. The Bertz CT molecular complexity index is 1100. The van der Waals surface area contributed by atoms with Crippen LogP contribution in [0, 0.1) is 0 Å². The third-order valence-electron chi connectivity index (χ3n) is 4.01. The molecule has 0 spiro atoms. The second kappa shape index (κ2) is 9.30. The molecule has 0 atom stereocenters. The minimum absolute atomic E-state index is 0.00774. The highest BCUT2D eigenvalue weighted by Gasteiger charge is 2.19. The summed E-state index contributed by atoms with van der Waals surface area (Å²) < 4.78 is 29.7. The predicted molar refractivity (Wildman–Crippen MR) is 113 cm³/mol. The highest BCUT2D eigenvalue weighted by molar-refractivity contribution is 7.92. The van der Waals surface area contributed by atoms with Gasteiger partial charge in [0, 0.05) is 35.5 Å². The maximum Gasteiger partial charge on any atom is 0.261 e. The lowest BCUT2D eigenvalue weighted by atomic mass is 10.1. The zero-order chi connectivity index (χ0) is 20.9. The largest absolute Gasteiger partial charge is 0.352 e. The Balaban J connectivity index is 1.72. The maximum atomic E-state index is 12.7. The molecule has 7 nitrogen and oxygen atoms in total. The van der Waals surface area contributed by atoms with Gasteiger partial charge in [0.2, 0.25) is 0 Å². The molecule has 0 saturated carbocycles. The molecule has 0 fully saturated rings. The molecule has 3 rings (SSSR count). The molecular weight excluding hydrogens is 435 g/mol. The van der Waals surface area contributed by atoms with E-state index in [0.29, 0.717) is 29.6 Å². The number of amides is 1. The Morgan fingerprint density at radius 3 is 2.62 bits per heavy atom. The van der Waals surface area contributed by atoms with Gasteiger partial charge < -0.3 is 9.88 Å². The Labute approximate surface area is 178 Å². The smallest absolute Gasteiger partial charge is 0.261 e. The molecule has 0 aliphatic heterocycles. The van der Waals surface area contributed by atoms with E-state index >= 15 is 0 Å². The summed E-state index contributed by atoms with van der Waals surface area (Å²) in [7, 11) is -3.93. The number of carbonyl (C=O) groups excluding carboxylic acids is 1. The van der Waals surface area contributed by atoms with Crippen LogP contribution < -0.4 is 10.0 Å². The number of aryl methyl sites for hydroxylation is 1. The molecule has 3 aromatic rings. The first-order valence-electron chi connectivity index (χ1n) is 8.67. The fraction of sp³-hybridized carbons (Fsp3) is 0.158. The van der Waals surface area contributed by atoms with Crippen molar-refractivity contribution < 1.29 is 13.2 Å². The molecule has 2 aromatic carbocycles.